The number of carbonyl (C=O) groups excluding carboxylic acids is 1. The van der Waals surface area contributed by atoms with Gasteiger partial charge >= 0.3 is 0 Å². The first-order valence-corrected chi connectivity index (χ1v) is 10.6. The van der Waals surface area contributed by atoms with Crippen LogP contribution in [-0.2, 0) is 11.3 Å². The van der Waals surface area contributed by atoms with Crippen molar-refractivity contribution in [1.29, 1.82) is 0 Å². The largest absolute Gasteiger partial charge is 0.372 e. The summed E-state index contributed by atoms with van der Waals surface area (Å²) < 4.78 is 12.7. The average molecular weight is 413 g/mol. The molecule has 9 nitrogen and oxygen atoms in total. The Morgan fingerprint density at radius 2 is 1.87 bits per heavy atom. The highest BCUT2D eigenvalue weighted by Gasteiger charge is 2.37. The van der Waals surface area contributed by atoms with Crippen LogP contribution in [0.1, 0.15) is 48.1 Å². The van der Waals surface area contributed by atoms with Crippen LogP contribution < -0.4 is 10.5 Å². The smallest absolute Gasteiger partial charge is 0.266 e. The molecule has 0 N–H and O–H groups in total. The van der Waals surface area contributed by atoms with Crippen LogP contribution in [-0.4, -0.2) is 63.9 Å². The van der Waals surface area contributed by atoms with Gasteiger partial charge in [0, 0.05) is 51.3 Å². The van der Waals surface area contributed by atoms with Crippen LogP contribution in [0, 0.1) is 12.8 Å². The number of aryl methyl sites for hydroxylation is 1. The zero-order chi connectivity index (χ0) is 21.0. The molecule has 2 aromatic heterocycles. The molecule has 5 heterocycles. The molecule has 5 rings (SSSR count). The number of ether oxygens (including phenoxy) is 1. The van der Waals surface area contributed by atoms with Crippen LogP contribution in [0.15, 0.2) is 21.5 Å². The molecule has 0 unspecified atom stereocenters. The molecule has 4 atom stereocenters. The summed E-state index contributed by atoms with van der Waals surface area (Å²) in [7, 11) is 0. The van der Waals surface area contributed by atoms with Crippen LogP contribution in [0.5, 0.6) is 0 Å². The zero-order valence-electron chi connectivity index (χ0n) is 17.6. The molecular formula is C21H27N5O4. The van der Waals surface area contributed by atoms with Crippen molar-refractivity contribution in [3.8, 4) is 0 Å². The van der Waals surface area contributed by atoms with Gasteiger partial charge in [-0.1, -0.05) is 0 Å². The Morgan fingerprint density at radius 3 is 2.57 bits per heavy atom. The number of piperidine rings is 1. The second-order valence-corrected chi connectivity index (χ2v) is 8.87. The van der Waals surface area contributed by atoms with Crippen molar-refractivity contribution in [2.45, 2.75) is 51.9 Å². The number of fused-ring (bicyclic) bond motifs is 4. The van der Waals surface area contributed by atoms with Crippen LogP contribution in [0.25, 0.3) is 0 Å². The summed E-state index contributed by atoms with van der Waals surface area (Å²) >= 11 is 0. The lowest BCUT2D eigenvalue weighted by atomic mass is 9.83. The monoisotopic (exact) mass is 413 g/mol. The minimum Gasteiger partial charge on any atom is -0.372 e. The van der Waals surface area contributed by atoms with E-state index in [2.05, 4.69) is 15.0 Å². The van der Waals surface area contributed by atoms with Crippen LogP contribution >= 0.6 is 0 Å². The quantitative estimate of drug-likeness (QED) is 0.735. The molecule has 30 heavy (non-hydrogen) atoms. The molecule has 0 spiro atoms. The van der Waals surface area contributed by atoms with E-state index in [4.69, 9.17) is 9.26 Å². The summed E-state index contributed by atoms with van der Waals surface area (Å²) in [5.41, 5.74) is 1.06. The van der Waals surface area contributed by atoms with E-state index in [0.717, 1.165) is 25.2 Å². The van der Waals surface area contributed by atoms with E-state index in [9.17, 15) is 9.59 Å². The number of carbonyl (C=O) groups is 1. The second-order valence-electron chi connectivity index (χ2n) is 8.87. The first-order valence-electron chi connectivity index (χ1n) is 10.6. The van der Waals surface area contributed by atoms with Gasteiger partial charge in [-0.2, -0.15) is 4.98 Å². The van der Waals surface area contributed by atoms with Crippen LogP contribution in [0.4, 0.5) is 5.95 Å². The number of pyridine rings is 1. The average Bonchev–Trinajstić information content (AvgIpc) is 3.14. The van der Waals surface area contributed by atoms with Crippen molar-refractivity contribution in [3.63, 3.8) is 0 Å². The number of amides is 1. The first kappa shape index (κ1) is 19.3. The molecule has 2 bridgehead atoms. The van der Waals surface area contributed by atoms with E-state index >= 15 is 0 Å². The van der Waals surface area contributed by atoms with E-state index < -0.39 is 0 Å². The van der Waals surface area contributed by atoms with Crippen LogP contribution in [0.3, 0.4) is 0 Å². The maximum Gasteiger partial charge on any atom is 0.266 e. The summed E-state index contributed by atoms with van der Waals surface area (Å²) in [6, 6.07) is 3.66. The number of morpholine rings is 1. The number of hydrogen-bond acceptors (Lipinski definition) is 7. The molecule has 2 aromatic rings. The van der Waals surface area contributed by atoms with Crippen molar-refractivity contribution in [1.82, 2.24) is 19.6 Å². The molecule has 0 aliphatic carbocycles. The molecule has 3 aliphatic heterocycles. The van der Waals surface area contributed by atoms with E-state index in [1.807, 2.05) is 24.5 Å². The maximum atomic E-state index is 13.3. The molecule has 160 valence electrons. The second kappa shape index (κ2) is 7.23. The van der Waals surface area contributed by atoms with Crippen molar-refractivity contribution < 1.29 is 14.1 Å². The fourth-order valence-electron chi connectivity index (χ4n) is 5.20. The molecular weight excluding hydrogens is 386 g/mol. The molecule has 2 fully saturated rings. The van der Waals surface area contributed by atoms with E-state index in [0.29, 0.717) is 37.4 Å². The van der Waals surface area contributed by atoms with Gasteiger partial charge in [-0.25, -0.2) is 0 Å². The standard InChI is InChI=1S/C21H27N5O4/c1-12-7-24(8-13(2)29-12)19(27)17-4-5-18-16-6-15(10-26(18)20(17)28)9-25(11-16)21-22-14(3)30-23-21/h4-5,12-13,15-16H,6-11H2,1-3H3/t12-,13+,15-,16+/m0/s1. The van der Waals surface area contributed by atoms with E-state index in [1.165, 1.54) is 0 Å². The van der Waals surface area contributed by atoms with Gasteiger partial charge in [-0.15, -0.1) is 0 Å². The van der Waals surface area contributed by atoms with Gasteiger partial charge in [0.15, 0.2) is 0 Å². The Balaban J connectivity index is 1.42. The van der Waals surface area contributed by atoms with Crippen molar-refractivity contribution >= 4 is 11.9 Å². The highest BCUT2D eigenvalue weighted by molar-refractivity contribution is 5.94. The third kappa shape index (κ3) is 3.30. The summed E-state index contributed by atoms with van der Waals surface area (Å²) in [6.07, 6.45) is 0.966. The number of rotatable bonds is 2. The highest BCUT2D eigenvalue weighted by atomic mass is 16.5. The molecule has 9 heteroatoms. The Hall–Kier alpha value is -2.68. The number of anilines is 1. The molecule has 1 amide bonds. The topological polar surface area (TPSA) is 93.7 Å². The molecule has 0 aromatic carbocycles. The first-order chi connectivity index (χ1) is 14.4. The summed E-state index contributed by atoms with van der Waals surface area (Å²) in [6.45, 7) is 8.82. The van der Waals surface area contributed by atoms with Crippen molar-refractivity contribution in [3.05, 3.63) is 39.6 Å². The Bertz CT molecular complexity index is 1020. The van der Waals surface area contributed by atoms with E-state index in [1.54, 1.807) is 17.9 Å². The number of hydrogen-bond donors (Lipinski definition) is 0. The Kier molecular flexibility index (Phi) is 4.65. The molecule has 0 saturated carbocycles. The number of nitrogens with zero attached hydrogens (tertiary/aromatic N) is 5. The Labute approximate surface area is 174 Å². The SMILES string of the molecule is Cc1nc(N2C[C@@H]3C[C@H](C2)c2ccc(C(=O)N4C[C@@H](C)O[C@@H](C)C4)c(=O)n2C3)no1. The van der Waals surface area contributed by atoms with Gasteiger partial charge in [-0.05, 0) is 43.5 Å². The van der Waals surface area contributed by atoms with E-state index in [-0.39, 0.29) is 35.2 Å². The van der Waals surface area contributed by atoms with Gasteiger partial charge < -0.3 is 23.6 Å². The lowest BCUT2D eigenvalue weighted by molar-refractivity contribution is -0.0586. The van der Waals surface area contributed by atoms with Gasteiger partial charge in [-0.3, -0.25) is 9.59 Å². The third-order valence-corrected chi connectivity index (χ3v) is 6.34. The van der Waals surface area contributed by atoms with Crippen LogP contribution in [0.2, 0.25) is 0 Å². The predicted molar refractivity (Wildman–Crippen MR) is 109 cm³/mol. The summed E-state index contributed by atoms with van der Waals surface area (Å²) in [5, 5.41) is 4.05. The predicted octanol–water partition coefficient (Wildman–Crippen LogP) is 1.41. The lowest BCUT2D eigenvalue weighted by Gasteiger charge is -2.42. The number of aromatic nitrogens is 3. The molecule has 3 aliphatic rings. The fraction of sp³-hybridized carbons (Fsp3) is 0.619. The van der Waals surface area contributed by atoms with Gasteiger partial charge in [0.05, 0.1) is 12.2 Å². The van der Waals surface area contributed by atoms with Crippen molar-refractivity contribution in [2.24, 2.45) is 5.92 Å². The van der Waals surface area contributed by atoms with Gasteiger partial charge in [0.25, 0.3) is 17.4 Å². The third-order valence-electron chi connectivity index (χ3n) is 6.34. The normalized spacial score (nSPS) is 28.4. The van der Waals surface area contributed by atoms with Gasteiger partial charge in [0.1, 0.15) is 5.56 Å². The maximum absolute atomic E-state index is 13.3. The minimum atomic E-state index is -0.197. The lowest BCUT2D eigenvalue weighted by Crippen LogP contribution is -2.51. The van der Waals surface area contributed by atoms with Crippen molar-refractivity contribution in [2.75, 3.05) is 31.1 Å². The Morgan fingerprint density at radius 1 is 1.10 bits per heavy atom. The highest BCUT2D eigenvalue weighted by Crippen LogP contribution is 2.36. The minimum absolute atomic E-state index is 0.0304. The molecule has 0 radical (unpaired) electrons. The zero-order valence-corrected chi connectivity index (χ0v) is 17.6. The fourth-order valence-corrected chi connectivity index (χ4v) is 5.20. The summed E-state index contributed by atoms with van der Waals surface area (Å²) in [4.78, 5) is 34.6. The summed E-state index contributed by atoms with van der Waals surface area (Å²) in [5.74, 6) is 1.47. The van der Waals surface area contributed by atoms with Gasteiger partial charge in [0.2, 0.25) is 5.89 Å². The molecule has 2 saturated heterocycles.